The van der Waals surface area contributed by atoms with Gasteiger partial charge in [0, 0.05) is 41.6 Å². The highest BCUT2D eigenvalue weighted by Crippen LogP contribution is 2.31. The van der Waals surface area contributed by atoms with Crippen LogP contribution < -0.4 is 10.8 Å². The molecule has 3 aromatic carbocycles. The number of fused-ring (bicyclic) bond motifs is 1. The van der Waals surface area contributed by atoms with Crippen LogP contribution in [0, 0.1) is 5.92 Å². The molecule has 0 spiro atoms. The summed E-state index contributed by atoms with van der Waals surface area (Å²) in [5.41, 5.74) is 5.77. The molecule has 0 radical (unpaired) electrons. The molecule has 0 bridgehead atoms. The zero-order valence-electron chi connectivity index (χ0n) is 24.8. The standard InChI is InChI=1S/C33H38Cl2N6O2/c1-4-43-39-33(42)30(22(2)3)38-32-27-7-5-6-8-28(27)36-29(37-32)21-40-17-19-41(20-18-40)31(23-9-13-25(34)14-10-23)24-11-15-26(35)16-12-24/h5-16,22,30-31H,4,17-21H2,1-3H3,(H,39,42)(H,36,37,38)/t30-/m0/s1. The van der Waals surface area contributed by atoms with Crippen LogP contribution in [0.15, 0.2) is 72.8 Å². The zero-order chi connectivity index (χ0) is 30.3. The molecule has 4 aromatic rings. The highest BCUT2D eigenvalue weighted by atomic mass is 35.5. The Hall–Kier alpha value is -3.27. The van der Waals surface area contributed by atoms with Crippen LogP contribution in [0.5, 0.6) is 0 Å². The lowest BCUT2D eigenvalue weighted by Crippen LogP contribution is -2.47. The van der Waals surface area contributed by atoms with E-state index in [1.54, 1.807) is 0 Å². The summed E-state index contributed by atoms with van der Waals surface area (Å²) < 4.78 is 0. The Balaban J connectivity index is 1.33. The Morgan fingerprint density at radius 3 is 2.07 bits per heavy atom. The third-order valence-corrected chi connectivity index (χ3v) is 8.22. The van der Waals surface area contributed by atoms with Gasteiger partial charge in [-0.2, -0.15) is 0 Å². The van der Waals surface area contributed by atoms with E-state index >= 15 is 0 Å². The maximum atomic E-state index is 12.8. The van der Waals surface area contributed by atoms with E-state index in [4.69, 9.17) is 38.0 Å². The van der Waals surface area contributed by atoms with E-state index in [1.165, 1.54) is 11.1 Å². The van der Waals surface area contributed by atoms with Crippen molar-refractivity contribution >= 4 is 45.8 Å². The van der Waals surface area contributed by atoms with Gasteiger partial charge in [0.1, 0.15) is 17.7 Å². The van der Waals surface area contributed by atoms with Crippen LogP contribution in [-0.4, -0.2) is 64.5 Å². The third kappa shape index (κ3) is 7.82. The normalized spacial score (nSPS) is 15.2. The molecule has 1 saturated heterocycles. The molecule has 0 aliphatic carbocycles. The fourth-order valence-electron chi connectivity index (χ4n) is 5.48. The number of hydroxylamine groups is 1. The minimum atomic E-state index is -0.515. The number of hydrogen-bond acceptors (Lipinski definition) is 7. The van der Waals surface area contributed by atoms with Gasteiger partial charge < -0.3 is 5.32 Å². The first-order valence-electron chi connectivity index (χ1n) is 14.7. The highest BCUT2D eigenvalue weighted by Gasteiger charge is 2.28. The molecule has 226 valence electrons. The fraction of sp³-hybridized carbons (Fsp3) is 0.364. The molecule has 1 atom stereocenters. The Morgan fingerprint density at radius 2 is 1.49 bits per heavy atom. The maximum absolute atomic E-state index is 12.8. The minimum Gasteiger partial charge on any atom is -0.357 e. The van der Waals surface area contributed by atoms with Crippen molar-refractivity contribution in [2.45, 2.75) is 39.4 Å². The molecule has 0 saturated carbocycles. The van der Waals surface area contributed by atoms with Crippen LogP contribution in [0.4, 0.5) is 5.82 Å². The van der Waals surface area contributed by atoms with Gasteiger partial charge in [0.25, 0.3) is 5.91 Å². The topological polar surface area (TPSA) is 82.6 Å². The summed E-state index contributed by atoms with van der Waals surface area (Å²) in [4.78, 5) is 32.7. The van der Waals surface area contributed by atoms with Crippen molar-refractivity contribution in [3.63, 3.8) is 0 Å². The number of nitrogens with one attached hydrogen (secondary N) is 2. The first kappa shape index (κ1) is 31.2. The number of piperazine rings is 1. The van der Waals surface area contributed by atoms with Crippen molar-refractivity contribution in [1.82, 2.24) is 25.2 Å². The predicted molar refractivity (Wildman–Crippen MR) is 173 cm³/mol. The van der Waals surface area contributed by atoms with Gasteiger partial charge in [-0.15, -0.1) is 0 Å². The first-order chi connectivity index (χ1) is 20.8. The summed E-state index contributed by atoms with van der Waals surface area (Å²) in [6.45, 7) is 10.3. The number of carbonyl (C=O) groups is 1. The molecule has 1 fully saturated rings. The Kier molecular flexibility index (Phi) is 10.5. The van der Waals surface area contributed by atoms with Gasteiger partial charge in [0.2, 0.25) is 0 Å². The van der Waals surface area contributed by atoms with Gasteiger partial charge in [0.05, 0.1) is 24.7 Å². The van der Waals surface area contributed by atoms with Crippen LogP contribution >= 0.6 is 23.2 Å². The lowest BCUT2D eigenvalue weighted by atomic mass is 9.96. The van der Waals surface area contributed by atoms with Gasteiger partial charge in [-0.25, -0.2) is 15.4 Å². The van der Waals surface area contributed by atoms with Gasteiger partial charge in [0.15, 0.2) is 0 Å². The molecule has 43 heavy (non-hydrogen) atoms. The fourth-order valence-corrected chi connectivity index (χ4v) is 5.73. The average Bonchev–Trinajstić information content (AvgIpc) is 3.01. The molecule has 10 heteroatoms. The monoisotopic (exact) mass is 620 g/mol. The molecule has 1 aromatic heterocycles. The molecule has 2 N–H and O–H groups in total. The largest absolute Gasteiger partial charge is 0.357 e. The summed E-state index contributed by atoms with van der Waals surface area (Å²) in [5, 5.41) is 5.71. The number of benzene rings is 3. The molecule has 1 aliphatic rings. The Morgan fingerprint density at radius 1 is 0.884 bits per heavy atom. The summed E-state index contributed by atoms with van der Waals surface area (Å²) in [6, 6.07) is 23.7. The van der Waals surface area contributed by atoms with E-state index in [9.17, 15) is 4.79 Å². The highest BCUT2D eigenvalue weighted by molar-refractivity contribution is 6.30. The molecule has 1 aliphatic heterocycles. The van der Waals surface area contributed by atoms with E-state index in [0.717, 1.165) is 47.1 Å². The van der Waals surface area contributed by atoms with Gasteiger partial charge in [-0.05, 0) is 60.4 Å². The third-order valence-electron chi connectivity index (χ3n) is 7.72. The number of anilines is 1. The average molecular weight is 622 g/mol. The van der Waals surface area contributed by atoms with Crippen molar-refractivity contribution < 1.29 is 9.63 Å². The Bertz CT molecular complexity index is 1460. The number of rotatable bonds is 11. The van der Waals surface area contributed by atoms with Crippen molar-refractivity contribution in [1.29, 1.82) is 0 Å². The summed E-state index contributed by atoms with van der Waals surface area (Å²) in [7, 11) is 0. The number of hydrogen-bond donors (Lipinski definition) is 2. The minimum absolute atomic E-state index is 0.0138. The molecule has 0 unspecified atom stereocenters. The molecule has 5 rings (SSSR count). The van der Waals surface area contributed by atoms with Crippen molar-refractivity contribution in [2.24, 2.45) is 5.92 Å². The van der Waals surface area contributed by atoms with Gasteiger partial charge in [-0.3, -0.25) is 19.4 Å². The first-order valence-corrected chi connectivity index (χ1v) is 15.5. The molecular weight excluding hydrogens is 583 g/mol. The maximum Gasteiger partial charge on any atom is 0.266 e. The summed E-state index contributed by atoms with van der Waals surface area (Å²) in [6.07, 6.45) is 0. The second-order valence-electron chi connectivity index (χ2n) is 11.1. The molecular formula is C33H38Cl2N6O2. The Labute approximate surface area is 263 Å². The summed E-state index contributed by atoms with van der Waals surface area (Å²) in [5.74, 6) is 1.15. The lowest BCUT2D eigenvalue weighted by Gasteiger charge is -2.39. The molecule has 1 amide bonds. The van der Waals surface area contributed by atoms with Crippen LogP contribution in [0.2, 0.25) is 10.0 Å². The van der Waals surface area contributed by atoms with Gasteiger partial charge in [-0.1, -0.05) is 73.4 Å². The van der Waals surface area contributed by atoms with Crippen molar-refractivity contribution in [3.05, 3.63) is 99.8 Å². The number of carbonyl (C=O) groups excluding carboxylic acids is 1. The van der Waals surface area contributed by atoms with Crippen molar-refractivity contribution in [2.75, 3.05) is 38.1 Å². The van der Waals surface area contributed by atoms with Gasteiger partial charge >= 0.3 is 0 Å². The van der Waals surface area contributed by atoms with Crippen LogP contribution in [0.1, 0.15) is 43.8 Å². The smallest absolute Gasteiger partial charge is 0.266 e. The van der Waals surface area contributed by atoms with Crippen LogP contribution in [-0.2, 0) is 16.2 Å². The van der Waals surface area contributed by atoms with E-state index < -0.39 is 6.04 Å². The molecule has 8 nitrogen and oxygen atoms in total. The SMILES string of the molecule is CCONC(=O)[C@@H](Nc1nc(CN2CCN(C(c3ccc(Cl)cc3)c3ccc(Cl)cc3)CC2)nc2ccccc12)C(C)C. The zero-order valence-corrected chi connectivity index (χ0v) is 26.3. The number of nitrogens with zero attached hydrogens (tertiary/aromatic N) is 4. The second-order valence-corrected chi connectivity index (χ2v) is 12.0. The van der Waals surface area contributed by atoms with Crippen LogP contribution in [0.3, 0.4) is 0 Å². The second kappa shape index (κ2) is 14.5. The van der Waals surface area contributed by atoms with Crippen LogP contribution in [0.25, 0.3) is 10.9 Å². The quantitative estimate of drug-likeness (QED) is 0.189. The van der Waals surface area contributed by atoms with E-state index in [2.05, 4.69) is 44.9 Å². The molecule has 2 heterocycles. The number of halogens is 2. The van der Waals surface area contributed by atoms with E-state index in [1.807, 2.05) is 69.3 Å². The van der Waals surface area contributed by atoms with E-state index in [-0.39, 0.29) is 17.9 Å². The number of amides is 1. The number of para-hydroxylation sites is 1. The lowest BCUT2D eigenvalue weighted by molar-refractivity contribution is -0.134. The summed E-state index contributed by atoms with van der Waals surface area (Å²) >= 11 is 12.4. The van der Waals surface area contributed by atoms with Crippen molar-refractivity contribution in [3.8, 4) is 0 Å². The number of aromatic nitrogens is 2. The predicted octanol–water partition coefficient (Wildman–Crippen LogP) is 6.35. The van der Waals surface area contributed by atoms with E-state index in [0.29, 0.717) is 24.8 Å².